The third-order valence-corrected chi connectivity index (χ3v) is 8.73. The molecule has 0 saturated heterocycles. The van der Waals surface area contributed by atoms with Crippen LogP contribution in [0.4, 0.5) is 0 Å². The van der Waals surface area contributed by atoms with Crippen LogP contribution in [0.3, 0.4) is 0 Å². The molecule has 1 aromatic carbocycles. The van der Waals surface area contributed by atoms with Gasteiger partial charge in [0.1, 0.15) is 5.75 Å². The van der Waals surface area contributed by atoms with Gasteiger partial charge in [-0.1, -0.05) is 13.0 Å². The Balaban J connectivity index is 1.56. The lowest BCUT2D eigenvalue weighted by molar-refractivity contribution is 0.0506. The molecule has 0 amide bonds. The average Bonchev–Trinajstić information content (AvgIpc) is 2.88. The SMILES string of the molecule is C[C@]12CCC3c4ccc(O[Si](C)(C)C)cc4CCC3C1CC=C2O[Si](C)(C)C. The first-order valence-corrected chi connectivity index (χ1v) is 18.0. The lowest BCUT2D eigenvalue weighted by Gasteiger charge is -2.50. The molecule has 1 saturated carbocycles. The van der Waals surface area contributed by atoms with E-state index in [0.717, 1.165) is 23.5 Å². The molecule has 1 fully saturated rings. The maximum absolute atomic E-state index is 6.57. The molecule has 1 aromatic rings. The summed E-state index contributed by atoms with van der Waals surface area (Å²) in [6.07, 6.45) is 8.75. The van der Waals surface area contributed by atoms with Crippen LogP contribution in [0, 0.1) is 17.3 Å². The molecule has 0 bridgehead atoms. The Morgan fingerprint density at radius 2 is 1.68 bits per heavy atom. The zero-order chi connectivity index (χ0) is 20.3. The summed E-state index contributed by atoms with van der Waals surface area (Å²) in [6.45, 7) is 16.2. The maximum atomic E-state index is 6.57. The van der Waals surface area contributed by atoms with Gasteiger partial charge in [-0.05, 0) is 118 Å². The van der Waals surface area contributed by atoms with Crippen LogP contribution in [0.5, 0.6) is 5.75 Å². The first-order chi connectivity index (χ1) is 13.0. The summed E-state index contributed by atoms with van der Waals surface area (Å²) >= 11 is 0. The third kappa shape index (κ3) is 3.74. The minimum absolute atomic E-state index is 0.264. The van der Waals surface area contributed by atoms with Gasteiger partial charge in [0, 0.05) is 5.41 Å². The second-order valence-electron chi connectivity index (χ2n) is 11.5. The lowest BCUT2D eigenvalue weighted by Crippen LogP contribution is -2.43. The maximum Gasteiger partial charge on any atom is 0.242 e. The van der Waals surface area contributed by atoms with Crippen molar-refractivity contribution in [2.24, 2.45) is 17.3 Å². The van der Waals surface area contributed by atoms with Gasteiger partial charge in [-0.25, -0.2) is 0 Å². The predicted octanol–water partition coefficient (Wildman–Crippen LogP) is 7.10. The monoisotopic (exact) mass is 414 g/mol. The van der Waals surface area contributed by atoms with Crippen molar-refractivity contribution >= 4 is 16.6 Å². The van der Waals surface area contributed by atoms with E-state index in [9.17, 15) is 0 Å². The standard InChI is InChI=1S/C24H38O2Si2/c1-24-15-14-20-19-11-9-18(25-27(2,3)4)16-17(19)8-10-21(20)22(24)12-13-23(24)26-28(5,6)7/h9,11,13,16,20-22H,8,10,12,14-15H2,1-7H3/t20?,21?,22?,24-/m0/s1. The van der Waals surface area contributed by atoms with Gasteiger partial charge in [0.15, 0.2) is 0 Å². The molecular formula is C24H38O2Si2. The zero-order valence-electron chi connectivity index (χ0n) is 18.9. The van der Waals surface area contributed by atoms with Gasteiger partial charge in [-0.15, -0.1) is 0 Å². The molecule has 4 heteroatoms. The Labute approximate surface area is 174 Å². The molecule has 0 spiro atoms. The molecule has 4 atom stereocenters. The van der Waals surface area contributed by atoms with Crippen molar-refractivity contribution in [1.29, 1.82) is 0 Å². The predicted molar refractivity (Wildman–Crippen MR) is 123 cm³/mol. The third-order valence-electron chi connectivity index (χ3n) is 7.05. The van der Waals surface area contributed by atoms with Crippen LogP contribution in [0.25, 0.3) is 0 Å². The van der Waals surface area contributed by atoms with E-state index >= 15 is 0 Å². The van der Waals surface area contributed by atoms with E-state index in [4.69, 9.17) is 8.85 Å². The summed E-state index contributed by atoms with van der Waals surface area (Å²) in [5.41, 5.74) is 3.42. The summed E-state index contributed by atoms with van der Waals surface area (Å²) in [6, 6.07) is 6.98. The van der Waals surface area contributed by atoms with Gasteiger partial charge in [0.25, 0.3) is 0 Å². The van der Waals surface area contributed by atoms with E-state index in [1.807, 2.05) is 0 Å². The Kier molecular flexibility index (Phi) is 4.90. The van der Waals surface area contributed by atoms with Gasteiger partial charge in [-0.2, -0.15) is 0 Å². The largest absolute Gasteiger partial charge is 0.547 e. The second kappa shape index (κ2) is 6.76. The van der Waals surface area contributed by atoms with E-state index in [2.05, 4.69) is 70.5 Å². The quantitative estimate of drug-likeness (QED) is 0.489. The minimum atomic E-state index is -1.55. The van der Waals surface area contributed by atoms with Crippen molar-refractivity contribution in [3.8, 4) is 5.75 Å². The fourth-order valence-electron chi connectivity index (χ4n) is 5.99. The average molecular weight is 415 g/mol. The molecular weight excluding hydrogens is 376 g/mol. The number of fused-ring (bicyclic) bond motifs is 5. The first kappa shape index (κ1) is 20.3. The van der Waals surface area contributed by atoms with E-state index in [-0.39, 0.29) is 5.41 Å². The summed E-state index contributed by atoms with van der Waals surface area (Å²) in [5.74, 6) is 4.70. The minimum Gasteiger partial charge on any atom is -0.547 e. The molecule has 2 nitrogen and oxygen atoms in total. The van der Waals surface area contributed by atoms with Crippen LogP contribution >= 0.6 is 0 Å². The van der Waals surface area contributed by atoms with Crippen LogP contribution < -0.4 is 4.43 Å². The summed E-state index contributed by atoms with van der Waals surface area (Å²) in [4.78, 5) is 0. The molecule has 3 unspecified atom stereocenters. The zero-order valence-corrected chi connectivity index (χ0v) is 20.9. The smallest absolute Gasteiger partial charge is 0.242 e. The molecule has 0 N–H and O–H groups in total. The molecule has 4 rings (SSSR count). The highest BCUT2D eigenvalue weighted by Gasteiger charge is 2.53. The number of benzene rings is 1. The van der Waals surface area contributed by atoms with Crippen molar-refractivity contribution in [3.63, 3.8) is 0 Å². The van der Waals surface area contributed by atoms with Crippen LogP contribution in [0.2, 0.25) is 39.3 Å². The normalized spacial score (nSPS) is 32.1. The van der Waals surface area contributed by atoms with Crippen LogP contribution in [0.1, 0.15) is 49.7 Å². The Morgan fingerprint density at radius 3 is 2.36 bits per heavy atom. The highest BCUT2D eigenvalue weighted by Crippen LogP contribution is 2.61. The van der Waals surface area contributed by atoms with Crippen molar-refractivity contribution < 1.29 is 8.85 Å². The molecule has 28 heavy (non-hydrogen) atoms. The number of rotatable bonds is 4. The van der Waals surface area contributed by atoms with Gasteiger partial charge in [0.05, 0.1) is 5.76 Å². The fourth-order valence-corrected chi connectivity index (χ4v) is 7.80. The van der Waals surface area contributed by atoms with Crippen molar-refractivity contribution in [3.05, 3.63) is 41.2 Å². The van der Waals surface area contributed by atoms with Crippen LogP contribution in [0.15, 0.2) is 30.0 Å². The fraction of sp³-hybridized carbons (Fsp3) is 0.667. The second-order valence-corrected chi connectivity index (χ2v) is 20.3. The molecule has 3 aliphatic rings. The highest BCUT2D eigenvalue weighted by atomic mass is 28.4. The molecule has 0 aliphatic heterocycles. The Bertz CT molecular complexity index is 787. The topological polar surface area (TPSA) is 18.5 Å². The number of aryl methyl sites for hydroxylation is 1. The van der Waals surface area contributed by atoms with E-state index < -0.39 is 16.6 Å². The lowest BCUT2D eigenvalue weighted by atomic mass is 9.55. The summed E-state index contributed by atoms with van der Waals surface area (Å²) in [5, 5.41) is 0. The number of hydrogen-bond donors (Lipinski definition) is 0. The van der Waals surface area contributed by atoms with Gasteiger partial charge in [-0.3, -0.25) is 0 Å². The summed E-state index contributed by atoms with van der Waals surface area (Å²) < 4.78 is 12.8. The van der Waals surface area contributed by atoms with E-state index in [1.165, 1.54) is 37.9 Å². The van der Waals surface area contributed by atoms with E-state index in [1.54, 1.807) is 11.1 Å². The molecule has 0 heterocycles. The van der Waals surface area contributed by atoms with E-state index in [0.29, 0.717) is 0 Å². The van der Waals surface area contributed by atoms with Gasteiger partial charge >= 0.3 is 0 Å². The number of allylic oxidation sites excluding steroid dienone is 2. The van der Waals surface area contributed by atoms with Gasteiger partial charge < -0.3 is 8.85 Å². The molecule has 0 radical (unpaired) electrons. The summed E-state index contributed by atoms with van der Waals surface area (Å²) in [7, 11) is -3.10. The van der Waals surface area contributed by atoms with Crippen LogP contribution in [-0.2, 0) is 10.8 Å². The Morgan fingerprint density at radius 1 is 0.964 bits per heavy atom. The van der Waals surface area contributed by atoms with Crippen molar-refractivity contribution in [1.82, 2.24) is 0 Å². The Hall–Kier alpha value is -1.01. The molecule has 154 valence electrons. The van der Waals surface area contributed by atoms with Gasteiger partial charge in [0.2, 0.25) is 16.6 Å². The highest BCUT2D eigenvalue weighted by molar-refractivity contribution is 6.70. The number of hydrogen-bond acceptors (Lipinski definition) is 2. The van der Waals surface area contributed by atoms with Crippen molar-refractivity contribution in [2.75, 3.05) is 0 Å². The van der Waals surface area contributed by atoms with Crippen molar-refractivity contribution in [2.45, 2.75) is 84.2 Å². The molecule has 3 aliphatic carbocycles. The van der Waals surface area contributed by atoms with Crippen LogP contribution in [-0.4, -0.2) is 16.6 Å². The first-order valence-electron chi connectivity index (χ1n) is 11.2. The molecule has 0 aromatic heterocycles.